The zero-order valence-corrected chi connectivity index (χ0v) is 14.2. The first-order valence-corrected chi connectivity index (χ1v) is 8.16. The highest BCUT2D eigenvalue weighted by Gasteiger charge is 2.29. The van der Waals surface area contributed by atoms with E-state index >= 15 is 0 Å². The number of hydrogen-bond acceptors (Lipinski definition) is 4. The number of rotatable bonds is 3. The highest BCUT2D eigenvalue weighted by atomic mass is 19.1. The quantitative estimate of drug-likeness (QED) is 0.909. The van der Waals surface area contributed by atoms with E-state index in [4.69, 9.17) is 5.73 Å². The molecule has 2 N–H and O–H groups in total. The maximum atomic E-state index is 13.8. The van der Waals surface area contributed by atoms with E-state index in [2.05, 4.69) is 10.3 Å². The normalized spacial score (nSPS) is 15.4. The van der Waals surface area contributed by atoms with Gasteiger partial charge in [-0.1, -0.05) is 11.3 Å². The number of carbonyl (C=O) groups is 2. The summed E-state index contributed by atoms with van der Waals surface area (Å²) in [7, 11) is 0. The van der Waals surface area contributed by atoms with Gasteiger partial charge in [0.05, 0.1) is 11.4 Å². The SMILES string of the molecule is Cc1c(F)cccc1-n1nnc(C(=O)N2CCC(C(N)=O)CC2)c1C. The van der Waals surface area contributed by atoms with Crippen LogP contribution < -0.4 is 5.73 Å². The van der Waals surface area contributed by atoms with Crippen molar-refractivity contribution in [1.29, 1.82) is 0 Å². The van der Waals surface area contributed by atoms with Crippen LogP contribution in [0.1, 0.15) is 34.6 Å². The maximum Gasteiger partial charge on any atom is 0.276 e. The van der Waals surface area contributed by atoms with Gasteiger partial charge in [0, 0.05) is 24.6 Å². The number of amides is 2. The zero-order chi connectivity index (χ0) is 18.1. The Morgan fingerprint density at radius 1 is 1.24 bits per heavy atom. The van der Waals surface area contributed by atoms with Crippen molar-refractivity contribution >= 4 is 11.8 Å². The Balaban J connectivity index is 1.83. The average Bonchev–Trinajstić information content (AvgIpc) is 2.98. The van der Waals surface area contributed by atoms with Crippen LogP contribution in [0.2, 0.25) is 0 Å². The molecule has 1 fully saturated rings. The summed E-state index contributed by atoms with van der Waals surface area (Å²) in [5.74, 6) is -1.08. The molecule has 0 spiro atoms. The lowest BCUT2D eigenvalue weighted by molar-refractivity contribution is -0.123. The fraction of sp³-hybridized carbons (Fsp3) is 0.412. The number of nitrogens with zero attached hydrogens (tertiary/aromatic N) is 4. The third-order valence-corrected chi connectivity index (χ3v) is 4.75. The van der Waals surface area contributed by atoms with Crippen LogP contribution >= 0.6 is 0 Å². The monoisotopic (exact) mass is 345 g/mol. The van der Waals surface area contributed by atoms with Crippen molar-refractivity contribution in [2.45, 2.75) is 26.7 Å². The molecular weight excluding hydrogens is 325 g/mol. The molecule has 0 unspecified atom stereocenters. The lowest BCUT2D eigenvalue weighted by Crippen LogP contribution is -2.42. The standard InChI is InChI=1S/C17H20FN5O2/c1-10-13(18)4-3-5-14(10)23-11(2)15(20-21-23)17(25)22-8-6-12(7-9-22)16(19)24/h3-5,12H,6-9H2,1-2H3,(H2,19,24). The molecule has 1 aromatic heterocycles. The van der Waals surface area contributed by atoms with E-state index < -0.39 is 0 Å². The third kappa shape index (κ3) is 3.11. The molecule has 0 radical (unpaired) electrons. The van der Waals surface area contributed by atoms with Gasteiger partial charge in [-0.05, 0) is 38.8 Å². The van der Waals surface area contributed by atoms with Gasteiger partial charge in [-0.2, -0.15) is 0 Å². The van der Waals surface area contributed by atoms with Crippen LogP contribution in [0.5, 0.6) is 0 Å². The number of hydrogen-bond donors (Lipinski definition) is 1. The molecule has 0 aliphatic carbocycles. The summed E-state index contributed by atoms with van der Waals surface area (Å²) in [6.45, 7) is 4.30. The van der Waals surface area contributed by atoms with E-state index in [-0.39, 0.29) is 29.2 Å². The number of likely N-dealkylation sites (tertiary alicyclic amines) is 1. The Labute approximate surface area is 144 Å². The summed E-state index contributed by atoms with van der Waals surface area (Å²) in [5, 5.41) is 8.03. The largest absolute Gasteiger partial charge is 0.369 e. The number of carbonyl (C=O) groups excluding carboxylic acids is 2. The molecule has 1 aliphatic rings. The first-order chi connectivity index (χ1) is 11.9. The van der Waals surface area contributed by atoms with Gasteiger partial charge in [0.15, 0.2) is 5.69 Å². The second-order valence-electron chi connectivity index (χ2n) is 6.29. The Kier molecular flexibility index (Phi) is 4.52. The van der Waals surface area contributed by atoms with Gasteiger partial charge in [-0.15, -0.1) is 5.10 Å². The van der Waals surface area contributed by atoms with Crippen molar-refractivity contribution in [1.82, 2.24) is 19.9 Å². The molecular formula is C17H20FN5O2. The number of primary amides is 1. The number of nitrogens with two attached hydrogens (primary N) is 1. The first-order valence-electron chi connectivity index (χ1n) is 8.16. The summed E-state index contributed by atoms with van der Waals surface area (Å²) in [5.41, 5.74) is 7.10. The topological polar surface area (TPSA) is 94.1 Å². The van der Waals surface area contributed by atoms with Crippen LogP contribution in [-0.4, -0.2) is 44.8 Å². The summed E-state index contributed by atoms with van der Waals surface area (Å²) < 4.78 is 15.3. The van der Waals surface area contributed by atoms with Gasteiger partial charge >= 0.3 is 0 Å². The number of halogens is 1. The molecule has 2 aromatic rings. The lowest BCUT2D eigenvalue weighted by Gasteiger charge is -2.30. The second-order valence-corrected chi connectivity index (χ2v) is 6.29. The molecule has 2 amide bonds. The second kappa shape index (κ2) is 6.62. The predicted molar refractivity (Wildman–Crippen MR) is 88.6 cm³/mol. The zero-order valence-electron chi connectivity index (χ0n) is 14.2. The molecule has 7 nitrogen and oxygen atoms in total. The van der Waals surface area contributed by atoms with Crippen molar-refractivity contribution in [2.75, 3.05) is 13.1 Å². The highest BCUT2D eigenvalue weighted by Crippen LogP contribution is 2.22. The van der Waals surface area contributed by atoms with Crippen LogP contribution in [0.4, 0.5) is 4.39 Å². The summed E-state index contributed by atoms with van der Waals surface area (Å²) >= 11 is 0. The van der Waals surface area contributed by atoms with E-state index in [1.807, 2.05) is 0 Å². The predicted octanol–water partition coefficient (Wildman–Crippen LogP) is 1.36. The molecule has 8 heteroatoms. The Hall–Kier alpha value is -2.77. The fourth-order valence-corrected chi connectivity index (χ4v) is 3.10. The molecule has 2 heterocycles. The van der Waals surface area contributed by atoms with Gasteiger partial charge in [-0.25, -0.2) is 9.07 Å². The van der Waals surface area contributed by atoms with Crippen LogP contribution in [0.15, 0.2) is 18.2 Å². The third-order valence-electron chi connectivity index (χ3n) is 4.75. The highest BCUT2D eigenvalue weighted by molar-refractivity contribution is 5.93. The van der Waals surface area contributed by atoms with Gasteiger partial charge in [0.1, 0.15) is 5.82 Å². The van der Waals surface area contributed by atoms with E-state index in [0.29, 0.717) is 42.9 Å². The Morgan fingerprint density at radius 2 is 1.92 bits per heavy atom. The number of aromatic nitrogens is 3. The van der Waals surface area contributed by atoms with Gasteiger partial charge in [0.25, 0.3) is 5.91 Å². The minimum absolute atomic E-state index is 0.184. The van der Waals surface area contributed by atoms with Gasteiger partial charge in [0.2, 0.25) is 5.91 Å². The van der Waals surface area contributed by atoms with E-state index in [1.165, 1.54) is 10.7 Å². The molecule has 1 aliphatic heterocycles. The number of piperidine rings is 1. The average molecular weight is 345 g/mol. The first kappa shape index (κ1) is 17.1. The Bertz CT molecular complexity index is 824. The molecule has 0 atom stereocenters. The minimum atomic E-state index is -0.339. The minimum Gasteiger partial charge on any atom is -0.369 e. The molecule has 25 heavy (non-hydrogen) atoms. The molecule has 0 saturated carbocycles. The molecule has 3 rings (SSSR count). The van der Waals surface area contributed by atoms with Crippen molar-refractivity contribution in [3.63, 3.8) is 0 Å². The van der Waals surface area contributed by atoms with Crippen LogP contribution in [0.3, 0.4) is 0 Å². The van der Waals surface area contributed by atoms with E-state index in [1.54, 1.807) is 30.9 Å². The van der Waals surface area contributed by atoms with E-state index in [9.17, 15) is 14.0 Å². The Morgan fingerprint density at radius 3 is 2.56 bits per heavy atom. The summed E-state index contributed by atoms with van der Waals surface area (Å²) in [6.07, 6.45) is 1.11. The van der Waals surface area contributed by atoms with Crippen LogP contribution in [0, 0.1) is 25.6 Å². The lowest BCUT2D eigenvalue weighted by atomic mass is 9.96. The molecule has 1 aromatic carbocycles. The van der Waals surface area contributed by atoms with Crippen molar-refractivity contribution in [3.05, 3.63) is 41.0 Å². The fourth-order valence-electron chi connectivity index (χ4n) is 3.10. The van der Waals surface area contributed by atoms with Crippen molar-refractivity contribution < 1.29 is 14.0 Å². The maximum absolute atomic E-state index is 13.8. The van der Waals surface area contributed by atoms with Gasteiger partial charge < -0.3 is 10.6 Å². The van der Waals surface area contributed by atoms with Crippen molar-refractivity contribution in [2.24, 2.45) is 11.7 Å². The molecule has 132 valence electrons. The smallest absolute Gasteiger partial charge is 0.276 e. The molecule has 1 saturated heterocycles. The van der Waals surface area contributed by atoms with Crippen LogP contribution in [0.25, 0.3) is 5.69 Å². The summed E-state index contributed by atoms with van der Waals surface area (Å²) in [4.78, 5) is 25.6. The van der Waals surface area contributed by atoms with E-state index in [0.717, 1.165) is 0 Å². The summed E-state index contributed by atoms with van der Waals surface area (Å²) in [6, 6.07) is 4.70. The molecule has 0 bridgehead atoms. The number of benzene rings is 1. The van der Waals surface area contributed by atoms with Crippen molar-refractivity contribution in [3.8, 4) is 5.69 Å². The van der Waals surface area contributed by atoms with Gasteiger partial charge in [-0.3, -0.25) is 9.59 Å². The van der Waals surface area contributed by atoms with Crippen LogP contribution in [-0.2, 0) is 4.79 Å².